The summed E-state index contributed by atoms with van der Waals surface area (Å²) >= 11 is 0. The van der Waals surface area contributed by atoms with E-state index >= 15 is 0 Å². The van der Waals surface area contributed by atoms with Gasteiger partial charge >= 0.3 is 0 Å². The fourth-order valence-electron chi connectivity index (χ4n) is 3.09. The molecule has 6 nitrogen and oxygen atoms in total. The molecule has 0 aliphatic carbocycles. The number of rotatable bonds is 5. The maximum atomic E-state index is 13.4. The molecule has 1 heterocycles. The molecule has 2 aromatic rings. The van der Waals surface area contributed by atoms with E-state index in [9.17, 15) is 14.0 Å². The van der Waals surface area contributed by atoms with Gasteiger partial charge in [-0.1, -0.05) is 6.07 Å². The zero-order valence-corrected chi connectivity index (χ0v) is 15.4. The third-order valence-electron chi connectivity index (χ3n) is 4.63. The topological polar surface area (TPSA) is 67.9 Å². The van der Waals surface area contributed by atoms with Gasteiger partial charge in [0.05, 0.1) is 25.8 Å². The number of aryl methyl sites for hydroxylation is 1. The molecule has 0 saturated carbocycles. The molecule has 1 saturated heterocycles. The molecule has 1 atom stereocenters. The van der Waals surface area contributed by atoms with E-state index in [2.05, 4.69) is 5.32 Å². The number of anilines is 2. The molecular weight excluding hydrogens is 351 g/mol. The predicted octanol–water partition coefficient (Wildman–Crippen LogP) is 3.14. The van der Waals surface area contributed by atoms with Gasteiger partial charge < -0.3 is 19.7 Å². The normalized spacial score (nSPS) is 16.4. The fraction of sp³-hybridized carbons (Fsp3) is 0.300. The number of carbonyl (C=O) groups is 2. The van der Waals surface area contributed by atoms with Gasteiger partial charge in [-0.3, -0.25) is 9.59 Å². The van der Waals surface area contributed by atoms with Crippen molar-refractivity contribution in [1.82, 2.24) is 0 Å². The van der Waals surface area contributed by atoms with Crippen molar-refractivity contribution in [2.24, 2.45) is 5.92 Å². The van der Waals surface area contributed by atoms with E-state index in [4.69, 9.17) is 9.47 Å². The minimum atomic E-state index is -0.535. The Bertz CT molecular complexity index is 884. The second kappa shape index (κ2) is 7.65. The summed E-state index contributed by atoms with van der Waals surface area (Å²) in [6, 6.07) is 9.35. The minimum absolute atomic E-state index is 0.0788. The van der Waals surface area contributed by atoms with Crippen LogP contribution < -0.4 is 19.7 Å². The summed E-state index contributed by atoms with van der Waals surface area (Å²) in [5.41, 5.74) is 1.75. The highest BCUT2D eigenvalue weighted by Crippen LogP contribution is 2.36. The van der Waals surface area contributed by atoms with Gasteiger partial charge in [0.1, 0.15) is 17.3 Å². The summed E-state index contributed by atoms with van der Waals surface area (Å²) in [7, 11) is 3.06. The lowest BCUT2D eigenvalue weighted by Crippen LogP contribution is -2.28. The van der Waals surface area contributed by atoms with Gasteiger partial charge in [0, 0.05) is 24.7 Å². The average Bonchev–Trinajstić information content (AvgIpc) is 3.05. The third-order valence-corrected chi connectivity index (χ3v) is 4.63. The van der Waals surface area contributed by atoms with Gasteiger partial charge in [-0.2, -0.15) is 0 Å². The van der Waals surface area contributed by atoms with Gasteiger partial charge in [-0.25, -0.2) is 4.39 Å². The zero-order chi connectivity index (χ0) is 19.6. The van der Waals surface area contributed by atoms with Crippen LogP contribution in [0.15, 0.2) is 36.4 Å². The van der Waals surface area contributed by atoms with Crippen LogP contribution in [0, 0.1) is 18.7 Å². The van der Waals surface area contributed by atoms with Crippen molar-refractivity contribution < 1.29 is 23.5 Å². The highest BCUT2D eigenvalue weighted by atomic mass is 19.1. The zero-order valence-electron chi connectivity index (χ0n) is 15.4. The number of hydrogen-bond donors (Lipinski definition) is 1. The number of halogens is 1. The molecule has 0 bridgehead atoms. The largest absolute Gasteiger partial charge is 0.497 e. The number of carbonyl (C=O) groups excluding carboxylic acids is 2. The van der Waals surface area contributed by atoms with Crippen LogP contribution in [0.2, 0.25) is 0 Å². The van der Waals surface area contributed by atoms with Crippen molar-refractivity contribution in [3.8, 4) is 11.5 Å². The second-order valence-corrected chi connectivity index (χ2v) is 6.39. The molecule has 2 amide bonds. The van der Waals surface area contributed by atoms with Crippen LogP contribution in [0.25, 0.3) is 0 Å². The monoisotopic (exact) mass is 372 g/mol. The average molecular weight is 372 g/mol. The van der Waals surface area contributed by atoms with Crippen molar-refractivity contribution >= 4 is 23.2 Å². The first-order valence-electron chi connectivity index (χ1n) is 8.52. The number of nitrogens with one attached hydrogen (secondary N) is 1. The van der Waals surface area contributed by atoms with E-state index in [1.807, 2.05) is 0 Å². The SMILES string of the molecule is COc1ccc(N2CC(C(=O)Nc3cc(F)ccc3C)CC2=O)c(OC)c1. The van der Waals surface area contributed by atoms with E-state index in [-0.39, 0.29) is 24.8 Å². The quantitative estimate of drug-likeness (QED) is 0.876. The molecule has 1 aliphatic heterocycles. The van der Waals surface area contributed by atoms with Gasteiger partial charge in [0.15, 0.2) is 0 Å². The number of hydrogen-bond acceptors (Lipinski definition) is 4. The van der Waals surface area contributed by atoms with Crippen molar-refractivity contribution in [2.45, 2.75) is 13.3 Å². The van der Waals surface area contributed by atoms with Crippen LogP contribution in [-0.2, 0) is 9.59 Å². The van der Waals surface area contributed by atoms with Crippen molar-refractivity contribution in [2.75, 3.05) is 31.0 Å². The van der Waals surface area contributed by atoms with Crippen LogP contribution in [0.5, 0.6) is 11.5 Å². The molecule has 1 unspecified atom stereocenters. The Hall–Kier alpha value is -3.09. The lowest BCUT2D eigenvalue weighted by atomic mass is 10.1. The van der Waals surface area contributed by atoms with Crippen LogP contribution in [0.1, 0.15) is 12.0 Å². The minimum Gasteiger partial charge on any atom is -0.497 e. The lowest BCUT2D eigenvalue weighted by Gasteiger charge is -2.20. The number of amides is 2. The van der Waals surface area contributed by atoms with Crippen molar-refractivity contribution in [3.63, 3.8) is 0 Å². The van der Waals surface area contributed by atoms with E-state index in [1.165, 1.54) is 24.1 Å². The van der Waals surface area contributed by atoms with Crippen LogP contribution in [0.4, 0.5) is 15.8 Å². The second-order valence-electron chi connectivity index (χ2n) is 6.39. The van der Waals surface area contributed by atoms with Gasteiger partial charge in [-0.05, 0) is 36.8 Å². The number of nitrogens with zero attached hydrogens (tertiary/aromatic N) is 1. The van der Waals surface area contributed by atoms with E-state index in [0.717, 1.165) is 5.56 Å². The Kier molecular flexibility index (Phi) is 5.30. The number of methoxy groups -OCH3 is 2. The summed E-state index contributed by atoms with van der Waals surface area (Å²) < 4.78 is 24.0. The summed E-state index contributed by atoms with van der Waals surface area (Å²) in [6.45, 7) is 2.01. The first kappa shape index (κ1) is 18.7. The van der Waals surface area contributed by atoms with Gasteiger partial charge in [0.2, 0.25) is 11.8 Å². The highest BCUT2D eigenvalue weighted by Gasteiger charge is 2.36. The van der Waals surface area contributed by atoms with Crippen LogP contribution >= 0.6 is 0 Å². The molecule has 7 heteroatoms. The number of benzene rings is 2. The number of ether oxygens (including phenoxy) is 2. The van der Waals surface area contributed by atoms with Gasteiger partial charge in [0.25, 0.3) is 0 Å². The smallest absolute Gasteiger partial charge is 0.229 e. The Balaban J connectivity index is 1.77. The molecule has 1 aliphatic rings. The Morgan fingerprint density at radius 3 is 2.67 bits per heavy atom. The molecule has 2 aromatic carbocycles. The molecule has 1 N–H and O–H groups in total. The van der Waals surface area contributed by atoms with Crippen LogP contribution in [-0.4, -0.2) is 32.6 Å². The molecule has 0 spiro atoms. The van der Waals surface area contributed by atoms with Crippen LogP contribution in [0.3, 0.4) is 0 Å². The summed E-state index contributed by atoms with van der Waals surface area (Å²) in [5, 5.41) is 2.72. The Morgan fingerprint density at radius 1 is 1.19 bits per heavy atom. The lowest BCUT2D eigenvalue weighted by molar-refractivity contribution is -0.122. The molecule has 0 aromatic heterocycles. The molecule has 1 fully saturated rings. The first-order valence-corrected chi connectivity index (χ1v) is 8.52. The molecule has 142 valence electrons. The third kappa shape index (κ3) is 3.86. The molecule has 0 radical (unpaired) electrons. The maximum Gasteiger partial charge on any atom is 0.229 e. The summed E-state index contributed by atoms with van der Waals surface area (Å²) in [6.07, 6.45) is 0.0788. The van der Waals surface area contributed by atoms with E-state index < -0.39 is 11.7 Å². The van der Waals surface area contributed by atoms with E-state index in [0.29, 0.717) is 22.9 Å². The first-order chi connectivity index (χ1) is 12.9. The maximum absolute atomic E-state index is 13.4. The van der Waals surface area contributed by atoms with E-state index in [1.54, 1.807) is 38.3 Å². The molecule has 27 heavy (non-hydrogen) atoms. The van der Waals surface area contributed by atoms with Crippen molar-refractivity contribution in [1.29, 1.82) is 0 Å². The fourth-order valence-corrected chi connectivity index (χ4v) is 3.09. The predicted molar refractivity (Wildman–Crippen MR) is 99.8 cm³/mol. The standard InChI is InChI=1S/C20H21FN2O4/c1-12-4-5-14(21)9-16(12)22-20(25)13-8-19(24)23(11-13)17-7-6-15(26-2)10-18(17)27-3/h4-7,9-10,13H,8,11H2,1-3H3,(H,22,25). The highest BCUT2D eigenvalue weighted by molar-refractivity contribution is 6.04. The summed E-state index contributed by atoms with van der Waals surface area (Å²) in [4.78, 5) is 26.6. The Labute approximate surface area is 156 Å². The van der Waals surface area contributed by atoms with Crippen molar-refractivity contribution in [3.05, 3.63) is 47.8 Å². The van der Waals surface area contributed by atoms with Gasteiger partial charge in [-0.15, -0.1) is 0 Å². The summed E-state index contributed by atoms with van der Waals surface area (Å²) in [5.74, 6) is -0.348. The Morgan fingerprint density at radius 2 is 1.96 bits per heavy atom. The molecular formula is C20H21FN2O4. The molecule has 3 rings (SSSR count).